The smallest absolute Gasteiger partial charge is 0.349 e. The van der Waals surface area contributed by atoms with Gasteiger partial charge in [0.05, 0.1) is 7.11 Å². The van der Waals surface area contributed by atoms with Crippen molar-refractivity contribution in [3.63, 3.8) is 0 Å². The first-order valence-corrected chi connectivity index (χ1v) is 6.37. The topological polar surface area (TPSA) is 92.3 Å². The van der Waals surface area contributed by atoms with E-state index in [2.05, 4.69) is 21.1 Å². The largest absolute Gasteiger partial charge is 0.397 e. The number of imidazole rings is 1. The van der Waals surface area contributed by atoms with Crippen molar-refractivity contribution in [3.8, 4) is 0 Å². The minimum Gasteiger partial charge on any atom is -0.349 e. The van der Waals surface area contributed by atoms with Crippen LogP contribution in [0.2, 0.25) is 0 Å². The highest BCUT2D eigenvalue weighted by molar-refractivity contribution is 7.80. The Bertz CT molecular complexity index is 348. The number of rotatable bonds is 5. The summed E-state index contributed by atoms with van der Waals surface area (Å²) in [7, 11) is -3.29. The van der Waals surface area contributed by atoms with Gasteiger partial charge in [0.2, 0.25) is 0 Å². The summed E-state index contributed by atoms with van der Waals surface area (Å²) in [6.07, 6.45) is 8.62. The molecule has 1 heterocycles. The van der Waals surface area contributed by atoms with Gasteiger partial charge in [0.25, 0.3) is 0 Å². The Morgan fingerprint density at radius 1 is 1.50 bits per heavy atom. The van der Waals surface area contributed by atoms with Crippen molar-refractivity contribution in [2.75, 3.05) is 7.11 Å². The van der Waals surface area contributed by atoms with Gasteiger partial charge in [-0.05, 0) is 6.42 Å². The van der Waals surface area contributed by atoms with Gasteiger partial charge >= 0.3 is 10.4 Å². The first kappa shape index (κ1) is 15.1. The summed E-state index contributed by atoms with van der Waals surface area (Å²) in [5.74, 6) is 1.12. The van der Waals surface area contributed by atoms with Crippen LogP contribution in [0.15, 0.2) is 12.4 Å². The summed E-state index contributed by atoms with van der Waals surface area (Å²) in [6, 6.07) is 0. The number of nitrogens with zero attached hydrogens (tertiary/aromatic N) is 1. The minimum atomic E-state index is -4.16. The zero-order chi connectivity index (χ0) is 12.4. The van der Waals surface area contributed by atoms with Gasteiger partial charge in [0.15, 0.2) is 0 Å². The van der Waals surface area contributed by atoms with Gasteiger partial charge in [0, 0.05) is 18.8 Å². The van der Waals surface area contributed by atoms with Gasteiger partial charge in [-0.2, -0.15) is 8.42 Å². The Morgan fingerprint density at radius 3 is 2.50 bits per heavy atom. The van der Waals surface area contributed by atoms with Crippen molar-refractivity contribution in [2.24, 2.45) is 0 Å². The number of hydrogen-bond acceptors (Lipinski definition) is 4. The van der Waals surface area contributed by atoms with E-state index in [-0.39, 0.29) is 0 Å². The molecule has 0 aliphatic heterocycles. The predicted molar refractivity (Wildman–Crippen MR) is 60.4 cm³/mol. The SMILES string of the molecule is CCCCCc1ncc[nH]1.COS(=O)(=O)O. The summed E-state index contributed by atoms with van der Waals surface area (Å²) in [6.45, 7) is 2.21. The lowest BCUT2D eigenvalue weighted by Crippen LogP contribution is -1.96. The van der Waals surface area contributed by atoms with Gasteiger partial charge in [-0.3, -0.25) is 8.74 Å². The molecule has 0 aliphatic carbocycles. The Hall–Kier alpha value is -0.920. The molecule has 0 aliphatic rings. The van der Waals surface area contributed by atoms with Crippen LogP contribution < -0.4 is 0 Å². The van der Waals surface area contributed by atoms with Crippen LogP contribution in [0.3, 0.4) is 0 Å². The number of nitrogens with one attached hydrogen (secondary N) is 1. The first-order valence-electron chi connectivity index (χ1n) is 5.01. The summed E-state index contributed by atoms with van der Waals surface area (Å²) in [4.78, 5) is 7.22. The number of hydrogen-bond donors (Lipinski definition) is 2. The van der Waals surface area contributed by atoms with E-state index in [4.69, 9.17) is 4.55 Å². The van der Waals surface area contributed by atoms with E-state index >= 15 is 0 Å². The van der Waals surface area contributed by atoms with Crippen molar-refractivity contribution >= 4 is 10.4 Å². The second-order valence-corrected chi connectivity index (χ2v) is 4.28. The maximum Gasteiger partial charge on any atom is 0.397 e. The number of aryl methyl sites for hydroxylation is 1. The normalized spacial score (nSPS) is 10.7. The fraction of sp³-hybridized carbons (Fsp3) is 0.667. The number of H-pyrrole nitrogens is 1. The molecule has 2 N–H and O–H groups in total. The Kier molecular flexibility index (Phi) is 7.78. The van der Waals surface area contributed by atoms with E-state index in [1.54, 1.807) is 6.20 Å². The molecule has 94 valence electrons. The van der Waals surface area contributed by atoms with Crippen molar-refractivity contribution in [2.45, 2.75) is 32.6 Å². The average molecular weight is 250 g/mol. The highest BCUT2D eigenvalue weighted by Crippen LogP contribution is 2.00. The third-order valence-corrected chi connectivity index (χ3v) is 2.20. The van der Waals surface area contributed by atoms with Crippen LogP contribution in [0.5, 0.6) is 0 Å². The lowest BCUT2D eigenvalue weighted by molar-refractivity contribution is 0.324. The molecule has 0 fully saturated rings. The molecule has 0 unspecified atom stereocenters. The van der Waals surface area contributed by atoms with E-state index in [0.717, 1.165) is 19.4 Å². The number of unbranched alkanes of at least 4 members (excludes halogenated alkanes) is 2. The first-order chi connectivity index (χ1) is 7.49. The molecule has 0 bridgehead atoms. The van der Waals surface area contributed by atoms with Crippen molar-refractivity contribution in [1.82, 2.24) is 9.97 Å². The molecule has 0 saturated carbocycles. The van der Waals surface area contributed by atoms with Crippen LogP contribution in [0, 0.1) is 0 Å². The molecule has 16 heavy (non-hydrogen) atoms. The highest BCUT2D eigenvalue weighted by Gasteiger charge is 1.94. The summed E-state index contributed by atoms with van der Waals surface area (Å²) in [5, 5.41) is 0. The van der Waals surface area contributed by atoms with Crippen LogP contribution in [0.1, 0.15) is 32.0 Å². The molecule has 0 aromatic carbocycles. The summed E-state index contributed by atoms with van der Waals surface area (Å²) in [5.41, 5.74) is 0. The van der Waals surface area contributed by atoms with Gasteiger partial charge in [-0.1, -0.05) is 19.8 Å². The lowest BCUT2D eigenvalue weighted by atomic mass is 10.2. The average Bonchev–Trinajstić information content (AvgIpc) is 2.71. The molecule has 1 aromatic heterocycles. The fourth-order valence-corrected chi connectivity index (χ4v) is 0.977. The standard InChI is InChI=1S/C8H14N2.CH4O4S/c1-2-3-4-5-8-9-6-7-10-8;1-5-6(2,3)4/h6-7H,2-5H2,1H3,(H,9,10);1H3,(H,2,3,4). The zero-order valence-corrected chi connectivity index (χ0v) is 10.3. The fourth-order valence-electron chi connectivity index (χ4n) is 0.977. The maximum atomic E-state index is 9.33. The molecule has 0 radical (unpaired) electrons. The van der Waals surface area contributed by atoms with Gasteiger partial charge in [-0.15, -0.1) is 0 Å². The highest BCUT2D eigenvalue weighted by atomic mass is 32.3. The second kappa shape index (κ2) is 8.26. The lowest BCUT2D eigenvalue weighted by Gasteiger charge is -1.93. The van der Waals surface area contributed by atoms with Crippen LogP contribution in [-0.4, -0.2) is 30.0 Å². The Balaban J connectivity index is 0.000000325. The number of aromatic amines is 1. The second-order valence-electron chi connectivity index (χ2n) is 3.09. The molecule has 0 spiro atoms. The summed E-state index contributed by atoms with van der Waals surface area (Å²) < 4.78 is 29.7. The third-order valence-electron chi connectivity index (χ3n) is 1.78. The monoisotopic (exact) mass is 250 g/mol. The molecule has 0 atom stereocenters. The molecular formula is C9H18N2O4S. The van der Waals surface area contributed by atoms with Crippen LogP contribution >= 0.6 is 0 Å². The zero-order valence-electron chi connectivity index (χ0n) is 9.51. The van der Waals surface area contributed by atoms with E-state index in [1.807, 2.05) is 6.20 Å². The molecule has 0 amide bonds. The van der Waals surface area contributed by atoms with Crippen molar-refractivity contribution < 1.29 is 17.2 Å². The van der Waals surface area contributed by atoms with E-state index in [1.165, 1.54) is 19.3 Å². The summed E-state index contributed by atoms with van der Waals surface area (Å²) >= 11 is 0. The predicted octanol–water partition coefficient (Wildman–Crippen LogP) is 1.58. The molecule has 1 rings (SSSR count). The van der Waals surface area contributed by atoms with Crippen LogP contribution in [0.25, 0.3) is 0 Å². The van der Waals surface area contributed by atoms with Gasteiger partial charge < -0.3 is 4.98 Å². The molecule has 6 nitrogen and oxygen atoms in total. The minimum absolute atomic E-state index is 0.870. The third kappa shape index (κ3) is 9.63. The van der Waals surface area contributed by atoms with Gasteiger partial charge in [-0.25, -0.2) is 4.98 Å². The molecule has 0 saturated heterocycles. The van der Waals surface area contributed by atoms with Crippen LogP contribution in [0.4, 0.5) is 0 Å². The Labute approximate surface area is 96.0 Å². The van der Waals surface area contributed by atoms with E-state index < -0.39 is 10.4 Å². The van der Waals surface area contributed by atoms with Gasteiger partial charge in [0.1, 0.15) is 5.82 Å². The molecule has 7 heteroatoms. The van der Waals surface area contributed by atoms with E-state index in [9.17, 15) is 8.42 Å². The maximum absolute atomic E-state index is 9.33. The quantitative estimate of drug-likeness (QED) is 0.611. The molecular weight excluding hydrogens is 232 g/mol. The molecule has 1 aromatic rings. The van der Waals surface area contributed by atoms with Crippen molar-refractivity contribution in [3.05, 3.63) is 18.2 Å². The van der Waals surface area contributed by atoms with Crippen LogP contribution in [-0.2, 0) is 21.0 Å². The Morgan fingerprint density at radius 2 is 2.12 bits per heavy atom. The number of aromatic nitrogens is 2. The van der Waals surface area contributed by atoms with Crippen molar-refractivity contribution in [1.29, 1.82) is 0 Å². The van der Waals surface area contributed by atoms with E-state index in [0.29, 0.717) is 0 Å².